The first-order chi connectivity index (χ1) is 9.08. The van der Waals surface area contributed by atoms with Gasteiger partial charge in [-0.05, 0) is 44.2 Å². The Balaban J connectivity index is 2.01. The standard InChI is InChI=1S/C14H19N3O2/c1-8-7-9-10(15)3-2-4-11(9)17(8)12-5-6-13(18)16-14(12)19/h7,10,12H,2-6,15H2,1H3,(H,16,18,19). The topological polar surface area (TPSA) is 77.1 Å². The molecule has 1 aromatic rings. The van der Waals surface area contributed by atoms with Crippen molar-refractivity contribution in [1.82, 2.24) is 9.88 Å². The summed E-state index contributed by atoms with van der Waals surface area (Å²) >= 11 is 0. The Kier molecular flexibility index (Phi) is 2.93. The van der Waals surface area contributed by atoms with Gasteiger partial charge in [-0.2, -0.15) is 0 Å². The van der Waals surface area contributed by atoms with Gasteiger partial charge in [0.1, 0.15) is 6.04 Å². The first kappa shape index (κ1) is 12.4. The van der Waals surface area contributed by atoms with E-state index in [4.69, 9.17) is 5.73 Å². The quantitative estimate of drug-likeness (QED) is 0.743. The summed E-state index contributed by atoms with van der Waals surface area (Å²) in [5, 5.41) is 2.43. The number of aryl methyl sites for hydroxylation is 1. The van der Waals surface area contributed by atoms with E-state index in [0.717, 1.165) is 25.0 Å². The average Bonchev–Trinajstić information content (AvgIpc) is 2.68. The van der Waals surface area contributed by atoms with Crippen LogP contribution in [0.4, 0.5) is 0 Å². The number of hydrogen-bond donors (Lipinski definition) is 2. The van der Waals surface area contributed by atoms with E-state index in [1.807, 2.05) is 6.92 Å². The van der Waals surface area contributed by atoms with Crippen molar-refractivity contribution in [2.24, 2.45) is 5.73 Å². The Morgan fingerprint density at radius 2 is 2.11 bits per heavy atom. The van der Waals surface area contributed by atoms with Crippen LogP contribution in [0, 0.1) is 6.92 Å². The van der Waals surface area contributed by atoms with Crippen LogP contribution in [0.1, 0.15) is 54.7 Å². The molecule has 0 radical (unpaired) electrons. The summed E-state index contributed by atoms with van der Waals surface area (Å²) in [4.78, 5) is 23.3. The Morgan fingerprint density at radius 1 is 1.32 bits per heavy atom. The van der Waals surface area contributed by atoms with Crippen LogP contribution in [0.5, 0.6) is 0 Å². The molecule has 0 aromatic carbocycles. The van der Waals surface area contributed by atoms with Gasteiger partial charge in [-0.3, -0.25) is 14.9 Å². The van der Waals surface area contributed by atoms with E-state index >= 15 is 0 Å². The van der Waals surface area contributed by atoms with Crippen molar-refractivity contribution in [3.05, 3.63) is 23.0 Å². The molecule has 2 heterocycles. The first-order valence-corrected chi connectivity index (χ1v) is 6.88. The lowest BCUT2D eigenvalue weighted by Crippen LogP contribution is -2.42. The highest BCUT2D eigenvalue weighted by molar-refractivity contribution is 5.99. The summed E-state index contributed by atoms with van der Waals surface area (Å²) in [7, 11) is 0. The number of carbonyl (C=O) groups excluding carboxylic acids is 2. The molecule has 102 valence electrons. The Hall–Kier alpha value is -1.62. The summed E-state index contributed by atoms with van der Waals surface area (Å²) < 4.78 is 2.09. The Morgan fingerprint density at radius 3 is 2.84 bits per heavy atom. The third-order valence-corrected chi connectivity index (χ3v) is 4.22. The SMILES string of the molecule is Cc1cc2c(n1C1CCC(=O)NC1=O)CCCC2N. The summed E-state index contributed by atoms with van der Waals surface area (Å²) in [6.45, 7) is 2.01. The minimum absolute atomic E-state index is 0.0805. The molecule has 2 aliphatic rings. The average molecular weight is 261 g/mol. The molecule has 0 spiro atoms. The van der Waals surface area contributed by atoms with Gasteiger partial charge < -0.3 is 10.3 Å². The summed E-state index contributed by atoms with van der Waals surface area (Å²) in [6, 6.07) is 1.92. The summed E-state index contributed by atoms with van der Waals surface area (Å²) in [5.74, 6) is -0.353. The number of hydrogen-bond acceptors (Lipinski definition) is 3. The molecule has 2 amide bonds. The molecule has 1 aliphatic heterocycles. The lowest BCUT2D eigenvalue weighted by molar-refractivity contribution is -0.135. The molecule has 2 unspecified atom stereocenters. The zero-order valence-corrected chi connectivity index (χ0v) is 11.1. The molecule has 1 aliphatic carbocycles. The lowest BCUT2D eigenvalue weighted by Gasteiger charge is -2.28. The molecule has 1 saturated heterocycles. The highest BCUT2D eigenvalue weighted by atomic mass is 16.2. The maximum absolute atomic E-state index is 12.0. The van der Waals surface area contributed by atoms with Crippen LogP contribution in [0.15, 0.2) is 6.07 Å². The van der Waals surface area contributed by atoms with Crippen LogP contribution in [0.3, 0.4) is 0 Å². The van der Waals surface area contributed by atoms with Crippen molar-refractivity contribution < 1.29 is 9.59 Å². The van der Waals surface area contributed by atoms with E-state index in [2.05, 4.69) is 16.0 Å². The molecule has 0 bridgehead atoms. The van der Waals surface area contributed by atoms with Crippen LogP contribution in [0.25, 0.3) is 0 Å². The third kappa shape index (κ3) is 1.98. The van der Waals surface area contributed by atoms with Crippen LogP contribution in [0.2, 0.25) is 0 Å². The van der Waals surface area contributed by atoms with E-state index in [1.54, 1.807) is 0 Å². The van der Waals surface area contributed by atoms with Crippen LogP contribution in [-0.2, 0) is 16.0 Å². The number of carbonyl (C=O) groups is 2. The predicted octanol–water partition coefficient (Wildman–Crippen LogP) is 1.11. The first-order valence-electron chi connectivity index (χ1n) is 6.88. The van der Waals surface area contributed by atoms with Gasteiger partial charge in [0.05, 0.1) is 0 Å². The second kappa shape index (κ2) is 4.49. The fourth-order valence-electron chi connectivity index (χ4n) is 3.32. The van der Waals surface area contributed by atoms with Crippen molar-refractivity contribution in [2.45, 2.75) is 51.1 Å². The molecule has 2 atom stereocenters. The van der Waals surface area contributed by atoms with Crippen molar-refractivity contribution in [1.29, 1.82) is 0 Å². The van der Waals surface area contributed by atoms with Crippen molar-refractivity contribution in [3.63, 3.8) is 0 Å². The van der Waals surface area contributed by atoms with Gasteiger partial charge in [-0.1, -0.05) is 0 Å². The van der Waals surface area contributed by atoms with Gasteiger partial charge in [0.2, 0.25) is 11.8 Å². The molecular formula is C14H19N3O2. The molecule has 1 fully saturated rings. The normalized spacial score (nSPS) is 27.1. The molecule has 0 saturated carbocycles. The zero-order valence-electron chi connectivity index (χ0n) is 11.1. The van der Waals surface area contributed by atoms with Crippen molar-refractivity contribution in [2.75, 3.05) is 0 Å². The highest BCUT2D eigenvalue weighted by Crippen LogP contribution is 2.34. The van der Waals surface area contributed by atoms with Crippen molar-refractivity contribution >= 4 is 11.8 Å². The highest BCUT2D eigenvalue weighted by Gasteiger charge is 2.32. The number of aromatic nitrogens is 1. The number of nitrogens with two attached hydrogens (primary N) is 1. The molecule has 5 nitrogen and oxygen atoms in total. The van der Waals surface area contributed by atoms with E-state index in [1.165, 1.54) is 11.3 Å². The number of amides is 2. The largest absolute Gasteiger partial charge is 0.336 e. The minimum Gasteiger partial charge on any atom is -0.336 e. The smallest absolute Gasteiger partial charge is 0.249 e. The van der Waals surface area contributed by atoms with Crippen molar-refractivity contribution in [3.8, 4) is 0 Å². The Bertz CT molecular complexity index is 547. The molecule has 3 N–H and O–H groups in total. The number of nitrogens with one attached hydrogen (secondary N) is 1. The zero-order chi connectivity index (χ0) is 13.6. The summed E-state index contributed by atoms with van der Waals surface area (Å²) in [6.07, 6.45) is 4.03. The number of rotatable bonds is 1. The lowest BCUT2D eigenvalue weighted by atomic mass is 9.93. The van der Waals surface area contributed by atoms with Gasteiger partial charge in [-0.25, -0.2) is 0 Å². The number of piperidine rings is 1. The third-order valence-electron chi connectivity index (χ3n) is 4.22. The van der Waals surface area contributed by atoms with E-state index < -0.39 is 0 Å². The maximum atomic E-state index is 12.0. The van der Waals surface area contributed by atoms with Crippen LogP contribution < -0.4 is 11.1 Å². The second-order valence-electron chi connectivity index (χ2n) is 5.52. The predicted molar refractivity (Wildman–Crippen MR) is 70.5 cm³/mol. The van der Waals surface area contributed by atoms with Gasteiger partial charge in [-0.15, -0.1) is 0 Å². The van der Waals surface area contributed by atoms with E-state index in [9.17, 15) is 9.59 Å². The van der Waals surface area contributed by atoms with Gasteiger partial charge in [0.25, 0.3) is 0 Å². The Labute approximate surface area is 112 Å². The molecule has 5 heteroatoms. The second-order valence-corrected chi connectivity index (χ2v) is 5.52. The van der Waals surface area contributed by atoms with Gasteiger partial charge >= 0.3 is 0 Å². The number of imide groups is 1. The molecule has 1 aromatic heterocycles. The minimum atomic E-state index is -0.258. The van der Waals surface area contributed by atoms with Crippen LogP contribution >= 0.6 is 0 Å². The summed E-state index contributed by atoms with van der Waals surface area (Å²) in [5.41, 5.74) is 9.57. The number of fused-ring (bicyclic) bond motifs is 1. The van der Waals surface area contributed by atoms with E-state index in [-0.39, 0.29) is 23.9 Å². The maximum Gasteiger partial charge on any atom is 0.249 e. The van der Waals surface area contributed by atoms with Gasteiger partial charge in [0.15, 0.2) is 0 Å². The van der Waals surface area contributed by atoms with E-state index in [0.29, 0.717) is 12.8 Å². The fourth-order valence-corrected chi connectivity index (χ4v) is 3.32. The number of nitrogens with zero attached hydrogens (tertiary/aromatic N) is 1. The van der Waals surface area contributed by atoms with Gasteiger partial charge in [0, 0.05) is 23.9 Å². The molecular weight excluding hydrogens is 242 g/mol. The molecule has 3 rings (SSSR count). The fraction of sp³-hybridized carbons (Fsp3) is 0.571. The molecule has 19 heavy (non-hydrogen) atoms. The monoisotopic (exact) mass is 261 g/mol. The van der Waals surface area contributed by atoms with Crippen LogP contribution in [-0.4, -0.2) is 16.4 Å².